The molecule has 0 radical (unpaired) electrons. The molecule has 4 nitrogen and oxygen atoms in total. The number of hydrogen-bond acceptors (Lipinski definition) is 4. The van der Waals surface area contributed by atoms with Gasteiger partial charge in [-0.05, 0) is 73.8 Å². The van der Waals surface area contributed by atoms with E-state index < -0.39 is 0 Å². The SMILES string of the molecule is CCc1cc(N2CCC23CCC3)c2c(n1)CC(c1cc(N)ccc1[C@@H](C)CC)OC2. The Morgan fingerprint density at radius 2 is 2.07 bits per heavy atom. The standard InChI is InChI=1S/C26H35N3O/c1-4-17(3)20-8-7-18(27)13-21(20)25-15-23-22(16-30-25)24(14-19(5-2)28-23)29-12-11-26(29)9-6-10-26/h7-8,13-14,17,25H,4-6,9-12,15-16,27H2,1-3H3/t17-,25?/m0/s1. The monoisotopic (exact) mass is 405 g/mol. The molecular formula is C26H35N3O. The van der Waals surface area contributed by atoms with Gasteiger partial charge in [-0.1, -0.05) is 26.8 Å². The number of aryl methyl sites for hydroxylation is 1. The van der Waals surface area contributed by atoms with Crippen molar-refractivity contribution in [3.8, 4) is 0 Å². The second-order valence-electron chi connectivity index (χ2n) is 9.59. The number of nitrogen functional groups attached to an aromatic ring is 1. The first-order valence-electron chi connectivity index (χ1n) is 11.8. The molecule has 1 spiro atoms. The predicted octanol–water partition coefficient (Wildman–Crippen LogP) is 5.69. The van der Waals surface area contributed by atoms with Gasteiger partial charge in [0.2, 0.25) is 0 Å². The molecule has 4 heteroatoms. The zero-order chi connectivity index (χ0) is 20.9. The number of nitrogens with two attached hydrogens (primary N) is 1. The summed E-state index contributed by atoms with van der Waals surface area (Å²) in [5, 5.41) is 0. The zero-order valence-electron chi connectivity index (χ0n) is 18.7. The van der Waals surface area contributed by atoms with Crippen LogP contribution < -0.4 is 10.6 Å². The van der Waals surface area contributed by atoms with Crippen LogP contribution in [0, 0.1) is 0 Å². The maximum Gasteiger partial charge on any atom is 0.0888 e. The Morgan fingerprint density at radius 1 is 1.23 bits per heavy atom. The third kappa shape index (κ3) is 3.11. The van der Waals surface area contributed by atoms with Gasteiger partial charge in [-0.25, -0.2) is 0 Å². The lowest BCUT2D eigenvalue weighted by Crippen LogP contribution is -2.64. The Kier molecular flexibility index (Phi) is 5.01. The van der Waals surface area contributed by atoms with Crippen LogP contribution in [0.2, 0.25) is 0 Å². The zero-order valence-corrected chi connectivity index (χ0v) is 18.7. The van der Waals surface area contributed by atoms with E-state index in [1.807, 2.05) is 6.07 Å². The van der Waals surface area contributed by atoms with Crippen molar-refractivity contribution in [2.75, 3.05) is 17.2 Å². The summed E-state index contributed by atoms with van der Waals surface area (Å²) in [5.41, 5.74) is 15.2. The second kappa shape index (κ2) is 7.56. The van der Waals surface area contributed by atoms with E-state index in [0.717, 1.165) is 24.9 Å². The number of hydrogen-bond donors (Lipinski definition) is 1. The molecule has 2 aromatic rings. The predicted molar refractivity (Wildman–Crippen MR) is 123 cm³/mol. The molecule has 0 bridgehead atoms. The maximum atomic E-state index is 6.51. The van der Waals surface area contributed by atoms with Crippen LogP contribution in [0.1, 0.15) is 93.0 Å². The number of nitrogens with zero attached hydrogens (tertiary/aromatic N) is 2. The largest absolute Gasteiger partial charge is 0.399 e. The minimum atomic E-state index is 0.0338. The molecule has 1 saturated heterocycles. The molecule has 1 saturated carbocycles. The van der Waals surface area contributed by atoms with Crippen LogP contribution in [-0.2, 0) is 24.2 Å². The lowest BCUT2D eigenvalue weighted by Gasteiger charge is -2.60. The van der Waals surface area contributed by atoms with Crippen LogP contribution in [0.5, 0.6) is 0 Å². The van der Waals surface area contributed by atoms with Gasteiger partial charge in [0.05, 0.1) is 18.4 Å². The molecule has 1 aromatic carbocycles. The van der Waals surface area contributed by atoms with E-state index in [9.17, 15) is 0 Å². The molecule has 1 unspecified atom stereocenters. The number of aromatic nitrogens is 1. The summed E-state index contributed by atoms with van der Waals surface area (Å²) in [6, 6.07) is 8.68. The Hall–Kier alpha value is -2.07. The fourth-order valence-electron chi connectivity index (χ4n) is 5.59. The lowest BCUT2D eigenvalue weighted by molar-refractivity contribution is 0.0249. The highest BCUT2D eigenvalue weighted by atomic mass is 16.5. The molecule has 5 rings (SSSR count). The molecular weight excluding hydrogens is 370 g/mol. The van der Waals surface area contributed by atoms with Crippen LogP contribution in [0.4, 0.5) is 11.4 Å². The third-order valence-corrected chi connectivity index (χ3v) is 7.96. The van der Waals surface area contributed by atoms with Gasteiger partial charge in [-0.3, -0.25) is 4.98 Å². The number of fused-ring (bicyclic) bond motifs is 1. The fraction of sp³-hybridized carbons (Fsp3) is 0.577. The second-order valence-corrected chi connectivity index (χ2v) is 9.59. The first kappa shape index (κ1) is 19.9. The summed E-state index contributed by atoms with van der Waals surface area (Å²) in [5.74, 6) is 0.496. The quantitative estimate of drug-likeness (QED) is 0.650. The highest BCUT2D eigenvalue weighted by Crippen LogP contribution is 2.51. The van der Waals surface area contributed by atoms with Crippen molar-refractivity contribution in [1.82, 2.24) is 4.98 Å². The van der Waals surface area contributed by atoms with Gasteiger partial charge < -0.3 is 15.4 Å². The van der Waals surface area contributed by atoms with Crippen molar-refractivity contribution >= 4 is 11.4 Å². The molecule has 1 aliphatic carbocycles. The Bertz CT molecular complexity index is 944. The van der Waals surface area contributed by atoms with E-state index in [2.05, 4.69) is 43.9 Å². The van der Waals surface area contributed by atoms with Crippen molar-refractivity contribution in [2.45, 2.75) is 89.9 Å². The summed E-state index contributed by atoms with van der Waals surface area (Å²) >= 11 is 0. The topological polar surface area (TPSA) is 51.4 Å². The number of rotatable bonds is 5. The molecule has 1 aromatic heterocycles. The number of benzene rings is 1. The summed E-state index contributed by atoms with van der Waals surface area (Å²) in [6.45, 7) is 8.57. The minimum Gasteiger partial charge on any atom is -0.399 e. The van der Waals surface area contributed by atoms with Gasteiger partial charge in [-0.15, -0.1) is 0 Å². The summed E-state index contributed by atoms with van der Waals surface area (Å²) in [6.07, 6.45) is 8.36. The summed E-state index contributed by atoms with van der Waals surface area (Å²) < 4.78 is 6.51. The Balaban J connectivity index is 1.51. The van der Waals surface area contributed by atoms with E-state index in [4.69, 9.17) is 15.5 Å². The fourth-order valence-corrected chi connectivity index (χ4v) is 5.59. The first-order valence-corrected chi connectivity index (χ1v) is 11.8. The number of pyridine rings is 1. The van der Waals surface area contributed by atoms with E-state index in [0.29, 0.717) is 18.1 Å². The molecule has 2 atom stereocenters. The molecule has 0 amide bonds. The van der Waals surface area contributed by atoms with Crippen LogP contribution in [0.25, 0.3) is 0 Å². The summed E-state index contributed by atoms with van der Waals surface area (Å²) in [7, 11) is 0. The van der Waals surface area contributed by atoms with Gasteiger partial charge in [-0.2, -0.15) is 0 Å². The van der Waals surface area contributed by atoms with Crippen molar-refractivity contribution in [3.05, 3.63) is 52.3 Å². The average molecular weight is 406 g/mol. The van der Waals surface area contributed by atoms with E-state index >= 15 is 0 Å². The van der Waals surface area contributed by atoms with Crippen LogP contribution >= 0.6 is 0 Å². The molecule has 3 heterocycles. The van der Waals surface area contributed by atoms with Crippen LogP contribution in [0.15, 0.2) is 24.3 Å². The van der Waals surface area contributed by atoms with E-state index in [1.54, 1.807) is 0 Å². The van der Waals surface area contributed by atoms with Gasteiger partial charge in [0.1, 0.15) is 0 Å². The van der Waals surface area contributed by atoms with Crippen molar-refractivity contribution < 1.29 is 4.74 Å². The van der Waals surface area contributed by atoms with Gasteiger partial charge in [0, 0.05) is 41.1 Å². The first-order chi connectivity index (χ1) is 14.5. The molecule has 2 fully saturated rings. The average Bonchev–Trinajstić information content (AvgIpc) is 2.70. The maximum absolute atomic E-state index is 6.51. The van der Waals surface area contributed by atoms with Crippen LogP contribution in [-0.4, -0.2) is 17.1 Å². The number of anilines is 2. The van der Waals surface area contributed by atoms with Gasteiger partial charge in [0.15, 0.2) is 0 Å². The van der Waals surface area contributed by atoms with E-state index in [-0.39, 0.29) is 6.10 Å². The molecule has 30 heavy (non-hydrogen) atoms. The number of ether oxygens (including phenoxy) is 1. The lowest BCUT2D eigenvalue weighted by atomic mass is 9.67. The normalized spacial score (nSPS) is 22.9. The molecule has 2 aliphatic heterocycles. The van der Waals surface area contributed by atoms with Crippen molar-refractivity contribution in [3.63, 3.8) is 0 Å². The smallest absolute Gasteiger partial charge is 0.0888 e. The summed E-state index contributed by atoms with van der Waals surface area (Å²) in [4.78, 5) is 7.75. The molecule has 3 aliphatic rings. The highest BCUT2D eigenvalue weighted by molar-refractivity contribution is 5.61. The van der Waals surface area contributed by atoms with Crippen molar-refractivity contribution in [1.29, 1.82) is 0 Å². The van der Waals surface area contributed by atoms with Gasteiger partial charge in [0.25, 0.3) is 0 Å². The third-order valence-electron chi connectivity index (χ3n) is 7.96. The Morgan fingerprint density at radius 3 is 2.70 bits per heavy atom. The van der Waals surface area contributed by atoms with E-state index in [1.165, 1.54) is 66.0 Å². The van der Waals surface area contributed by atoms with Crippen molar-refractivity contribution in [2.24, 2.45) is 0 Å². The Labute approximate surface area is 180 Å². The van der Waals surface area contributed by atoms with Gasteiger partial charge >= 0.3 is 0 Å². The molecule has 2 N–H and O–H groups in total. The highest BCUT2D eigenvalue weighted by Gasteiger charge is 2.50. The van der Waals surface area contributed by atoms with Crippen LogP contribution in [0.3, 0.4) is 0 Å². The molecule has 160 valence electrons. The minimum absolute atomic E-state index is 0.0338.